The van der Waals surface area contributed by atoms with E-state index in [4.69, 9.17) is 0 Å². The van der Waals surface area contributed by atoms with Gasteiger partial charge in [-0.2, -0.15) is 4.98 Å². The van der Waals surface area contributed by atoms with Crippen LogP contribution in [0.4, 0.5) is 0 Å². The van der Waals surface area contributed by atoms with E-state index in [0.29, 0.717) is 5.82 Å². The van der Waals surface area contributed by atoms with Crippen molar-refractivity contribution in [2.45, 2.75) is 0 Å². The van der Waals surface area contributed by atoms with Crippen LogP contribution >= 0.6 is 15.9 Å². The average molecular weight is 316 g/mol. The van der Waals surface area contributed by atoms with Gasteiger partial charge in [-0.05, 0) is 24.3 Å². The molecule has 94 valence electrons. The molecule has 5 heteroatoms. The number of rotatable bonds is 2. The first-order valence-electron chi connectivity index (χ1n) is 5.74. The molecule has 0 radical (unpaired) electrons. The number of nitrogens with zero attached hydrogens (tertiary/aromatic N) is 2. The topological polar surface area (TPSA) is 50.7 Å². The first kappa shape index (κ1) is 11.9. The Morgan fingerprint density at radius 2 is 1.68 bits per heavy atom. The van der Waals surface area contributed by atoms with Gasteiger partial charge in [-0.25, -0.2) is 14.6 Å². The van der Waals surface area contributed by atoms with E-state index in [1.165, 1.54) is 0 Å². The predicted molar refractivity (Wildman–Crippen MR) is 77.3 cm³/mol. The number of aromatic amines is 1. The second-order valence-electron chi connectivity index (χ2n) is 4.03. The van der Waals surface area contributed by atoms with Crippen LogP contribution in [0.5, 0.6) is 0 Å². The van der Waals surface area contributed by atoms with Crippen molar-refractivity contribution >= 4 is 15.9 Å². The van der Waals surface area contributed by atoms with E-state index >= 15 is 0 Å². The Morgan fingerprint density at radius 1 is 1.00 bits per heavy atom. The molecule has 0 aliphatic rings. The van der Waals surface area contributed by atoms with Gasteiger partial charge < -0.3 is 0 Å². The van der Waals surface area contributed by atoms with Gasteiger partial charge in [0.15, 0.2) is 5.82 Å². The summed E-state index contributed by atoms with van der Waals surface area (Å²) in [4.78, 5) is 15.6. The molecule has 1 N–H and O–H groups in total. The second kappa shape index (κ2) is 4.85. The van der Waals surface area contributed by atoms with E-state index in [9.17, 15) is 4.79 Å². The number of hydrogen-bond donors (Lipinski definition) is 1. The minimum Gasteiger partial charge on any atom is -0.244 e. The molecular formula is C14H10BrN3O. The highest BCUT2D eigenvalue weighted by Crippen LogP contribution is 2.21. The maximum Gasteiger partial charge on any atom is 0.362 e. The molecule has 0 atom stereocenters. The Bertz CT molecular complexity index is 744. The first-order chi connectivity index (χ1) is 9.24. The average Bonchev–Trinajstić information content (AvgIpc) is 2.83. The van der Waals surface area contributed by atoms with Gasteiger partial charge in [0.2, 0.25) is 0 Å². The van der Waals surface area contributed by atoms with Gasteiger partial charge in [0.1, 0.15) is 0 Å². The van der Waals surface area contributed by atoms with Crippen LogP contribution in [0.1, 0.15) is 0 Å². The molecular weight excluding hydrogens is 306 g/mol. The molecule has 0 saturated heterocycles. The van der Waals surface area contributed by atoms with Crippen molar-refractivity contribution in [3.05, 3.63) is 69.6 Å². The van der Waals surface area contributed by atoms with Gasteiger partial charge in [0, 0.05) is 10.0 Å². The second-order valence-corrected chi connectivity index (χ2v) is 4.95. The molecule has 0 saturated carbocycles. The fourth-order valence-corrected chi connectivity index (χ4v) is 2.14. The Labute approximate surface area is 117 Å². The van der Waals surface area contributed by atoms with Gasteiger partial charge in [-0.15, -0.1) is 0 Å². The van der Waals surface area contributed by atoms with Crippen molar-refractivity contribution in [1.29, 1.82) is 0 Å². The van der Waals surface area contributed by atoms with Crippen molar-refractivity contribution in [3.63, 3.8) is 0 Å². The molecule has 0 spiro atoms. The first-order valence-corrected chi connectivity index (χ1v) is 6.54. The predicted octanol–water partition coefficient (Wildman–Crippen LogP) is 2.99. The maximum absolute atomic E-state index is 11.5. The molecule has 0 aliphatic carbocycles. The van der Waals surface area contributed by atoms with Crippen LogP contribution in [0.15, 0.2) is 63.9 Å². The number of hydrogen-bond acceptors (Lipinski definition) is 2. The quantitative estimate of drug-likeness (QED) is 0.790. The molecule has 1 aromatic heterocycles. The number of benzene rings is 2. The number of halogens is 1. The molecule has 4 nitrogen and oxygen atoms in total. The Balaban J connectivity index is 2.17. The molecule has 19 heavy (non-hydrogen) atoms. The summed E-state index contributed by atoms with van der Waals surface area (Å²) >= 11 is 3.39. The number of para-hydroxylation sites is 1. The van der Waals surface area contributed by atoms with Crippen molar-refractivity contribution in [2.24, 2.45) is 0 Å². The fraction of sp³-hybridized carbons (Fsp3) is 0. The minimum absolute atomic E-state index is 0.359. The third-order valence-corrected chi connectivity index (χ3v) is 3.27. The van der Waals surface area contributed by atoms with Crippen LogP contribution in [0.2, 0.25) is 0 Å². The highest BCUT2D eigenvalue weighted by atomic mass is 79.9. The zero-order valence-electron chi connectivity index (χ0n) is 9.88. The smallest absolute Gasteiger partial charge is 0.244 e. The molecule has 0 amide bonds. The lowest BCUT2D eigenvalue weighted by Gasteiger charge is -2.06. The highest BCUT2D eigenvalue weighted by Gasteiger charge is 2.10. The van der Waals surface area contributed by atoms with Gasteiger partial charge in [0.05, 0.1) is 5.69 Å². The Hall–Kier alpha value is -2.14. The van der Waals surface area contributed by atoms with E-state index < -0.39 is 0 Å². The monoisotopic (exact) mass is 315 g/mol. The summed E-state index contributed by atoms with van der Waals surface area (Å²) in [6.07, 6.45) is 0. The van der Waals surface area contributed by atoms with Crippen LogP contribution in [0.3, 0.4) is 0 Å². The summed E-state index contributed by atoms with van der Waals surface area (Å²) < 4.78 is 2.67. The molecule has 2 aromatic carbocycles. The lowest BCUT2D eigenvalue weighted by Crippen LogP contribution is -2.04. The van der Waals surface area contributed by atoms with E-state index in [1.807, 2.05) is 54.6 Å². The van der Waals surface area contributed by atoms with E-state index in [-0.39, 0.29) is 5.69 Å². The number of H-pyrrole nitrogens is 1. The maximum atomic E-state index is 11.5. The van der Waals surface area contributed by atoms with Crippen molar-refractivity contribution in [2.75, 3.05) is 0 Å². The summed E-state index contributed by atoms with van der Waals surface area (Å²) in [6.45, 7) is 0. The molecule has 0 fully saturated rings. The minimum atomic E-state index is -0.359. The molecule has 3 aromatic rings. The summed E-state index contributed by atoms with van der Waals surface area (Å²) in [7, 11) is 0. The standard InChI is InChI=1S/C14H10BrN3O/c15-11-8-6-10(7-9-11)13-16-14(19)17-18(13)12-4-2-1-3-5-12/h1-9H,(H,17,19). The van der Waals surface area contributed by atoms with Crippen molar-refractivity contribution in [1.82, 2.24) is 14.8 Å². The SMILES string of the molecule is O=c1nc(-c2ccc(Br)cc2)n(-c2ccccc2)[nH]1. The van der Waals surface area contributed by atoms with Crippen molar-refractivity contribution < 1.29 is 0 Å². The van der Waals surface area contributed by atoms with Crippen LogP contribution in [-0.4, -0.2) is 14.8 Å². The van der Waals surface area contributed by atoms with E-state index in [0.717, 1.165) is 15.7 Å². The van der Waals surface area contributed by atoms with Gasteiger partial charge in [-0.3, -0.25) is 0 Å². The largest absolute Gasteiger partial charge is 0.362 e. The summed E-state index contributed by atoms with van der Waals surface area (Å²) in [5, 5.41) is 2.71. The van der Waals surface area contributed by atoms with Crippen LogP contribution in [0.25, 0.3) is 17.1 Å². The number of aromatic nitrogens is 3. The van der Waals surface area contributed by atoms with Gasteiger partial charge in [-0.1, -0.05) is 46.3 Å². The van der Waals surface area contributed by atoms with Gasteiger partial charge >= 0.3 is 5.69 Å². The fourth-order valence-electron chi connectivity index (χ4n) is 1.88. The third-order valence-electron chi connectivity index (χ3n) is 2.74. The summed E-state index contributed by atoms with van der Waals surface area (Å²) in [6, 6.07) is 17.3. The van der Waals surface area contributed by atoms with Gasteiger partial charge in [0.25, 0.3) is 0 Å². The molecule has 3 rings (SSSR count). The summed E-state index contributed by atoms with van der Waals surface area (Å²) in [5.41, 5.74) is 1.39. The summed E-state index contributed by atoms with van der Waals surface area (Å²) in [5.74, 6) is 0.601. The normalized spacial score (nSPS) is 10.6. The lowest BCUT2D eigenvalue weighted by molar-refractivity contribution is 0.871. The number of nitrogens with one attached hydrogen (secondary N) is 1. The zero-order chi connectivity index (χ0) is 13.2. The molecule has 0 bridgehead atoms. The Kier molecular flexibility index (Phi) is 3.05. The van der Waals surface area contributed by atoms with Crippen LogP contribution < -0.4 is 5.69 Å². The molecule has 1 heterocycles. The van der Waals surface area contributed by atoms with Crippen LogP contribution in [0, 0.1) is 0 Å². The third kappa shape index (κ3) is 2.37. The molecule has 0 aliphatic heterocycles. The van der Waals surface area contributed by atoms with Crippen LogP contribution in [-0.2, 0) is 0 Å². The Morgan fingerprint density at radius 3 is 2.37 bits per heavy atom. The lowest BCUT2D eigenvalue weighted by atomic mass is 10.2. The van der Waals surface area contributed by atoms with E-state index in [2.05, 4.69) is 26.0 Å². The zero-order valence-corrected chi connectivity index (χ0v) is 11.5. The van der Waals surface area contributed by atoms with E-state index in [1.54, 1.807) is 4.68 Å². The highest BCUT2D eigenvalue weighted by molar-refractivity contribution is 9.10. The van der Waals surface area contributed by atoms with Crippen molar-refractivity contribution in [3.8, 4) is 17.1 Å². The molecule has 0 unspecified atom stereocenters.